The van der Waals surface area contributed by atoms with Crippen LogP contribution in [0.1, 0.15) is 207 Å². The van der Waals surface area contributed by atoms with E-state index in [-0.39, 0.29) is 102 Å². The number of ether oxygens (including phenoxy) is 5. The molecule has 26 heteroatoms. The molecule has 7 heterocycles. The van der Waals surface area contributed by atoms with Crippen molar-refractivity contribution in [3.8, 4) is 0 Å². The average molecular weight is 1320 g/mol. The summed E-state index contributed by atoms with van der Waals surface area (Å²) < 4.78 is 25.7. The van der Waals surface area contributed by atoms with Crippen LogP contribution < -0.4 is 21.3 Å². The van der Waals surface area contributed by atoms with E-state index in [0.717, 1.165) is 36.3 Å². The number of nitrogens with zero attached hydrogens (tertiary/aromatic N) is 3. The second-order valence-corrected chi connectivity index (χ2v) is 24.6. The van der Waals surface area contributed by atoms with Crippen molar-refractivity contribution in [2.75, 3.05) is 67.0 Å². The summed E-state index contributed by atoms with van der Waals surface area (Å²) in [7, 11) is 5.14. The van der Waals surface area contributed by atoms with Gasteiger partial charge >= 0.3 is 23.9 Å². The normalized spacial score (nSPS) is 21.8. The first-order valence-corrected chi connectivity index (χ1v) is 33.5. The van der Waals surface area contributed by atoms with Crippen molar-refractivity contribution >= 4 is 76.8 Å². The van der Waals surface area contributed by atoms with Crippen molar-refractivity contribution < 1.29 is 86.6 Å². The molecule has 7 fully saturated rings. The van der Waals surface area contributed by atoms with Gasteiger partial charge in [0, 0.05) is 72.5 Å². The van der Waals surface area contributed by atoms with Gasteiger partial charge in [0.05, 0.1) is 96.0 Å². The van der Waals surface area contributed by atoms with Gasteiger partial charge in [-0.1, -0.05) is 140 Å². The van der Waals surface area contributed by atoms with Gasteiger partial charge in [-0.05, 0) is 30.5 Å². The van der Waals surface area contributed by atoms with E-state index in [1.54, 1.807) is 30.9 Å². The van der Waals surface area contributed by atoms with E-state index >= 15 is 0 Å². The molecule has 522 valence electrons. The van der Waals surface area contributed by atoms with Crippen LogP contribution in [0, 0.1) is 0 Å². The van der Waals surface area contributed by atoms with Crippen LogP contribution in [0.4, 0.5) is 0 Å². The third-order valence-corrected chi connectivity index (χ3v) is 15.6. The summed E-state index contributed by atoms with van der Waals surface area (Å²) in [5.41, 5.74) is 1.07. The highest BCUT2D eigenvalue weighted by Gasteiger charge is 2.31. The number of carbonyl (C=O) groups is 11. The van der Waals surface area contributed by atoms with Gasteiger partial charge in [-0.2, -0.15) is 0 Å². The summed E-state index contributed by atoms with van der Waals surface area (Å²) in [6.07, 6.45) is 23.9. The maximum atomic E-state index is 11.7. The van der Waals surface area contributed by atoms with Crippen LogP contribution in [0.15, 0.2) is 24.3 Å². The van der Waals surface area contributed by atoms with E-state index in [1.807, 2.05) is 24.3 Å². The number of unbranched alkanes of at least 4 members (excludes halogenated alkanes) is 16. The largest absolute Gasteiger partial charge is 0.460 e. The van der Waals surface area contributed by atoms with E-state index in [4.69, 9.17) is 45.5 Å². The number of β-amino-alcohol motifs (C(OH)–C–C–N with tert-alkyl or cyclic N) is 2. The van der Waals surface area contributed by atoms with Crippen LogP contribution in [0.5, 0.6) is 0 Å². The Labute approximate surface area is 549 Å². The third-order valence-electron chi connectivity index (χ3n) is 15.3. The molecule has 7 aliphatic rings. The number of carbonyl (C=O) groups excluding carboxylic acids is 11. The van der Waals surface area contributed by atoms with Crippen LogP contribution in [0.3, 0.4) is 0 Å². The van der Waals surface area contributed by atoms with Crippen LogP contribution in [0.25, 0.3) is 0 Å². The lowest BCUT2D eigenvalue weighted by Gasteiger charge is -2.11. The highest BCUT2D eigenvalue weighted by molar-refractivity contribution is 6.30. The lowest BCUT2D eigenvalue weighted by molar-refractivity contribution is -0.149. The van der Waals surface area contributed by atoms with Crippen LogP contribution >= 0.6 is 11.6 Å². The summed E-state index contributed by atoms with van der Waals surface area (Å²) in [4.78, 5) is 124. The Balaban J connectivity index is 0.000000377. The molecule has 0 radical (unpaired) electrons. The molecular weight excluding hydrogens is 1210 g/mol. The van der Waals surface area contributed by atoms with Crippen molar-refractivity contribution in [2.45, 2.75) is 250 Å². The fourth-order valence-electron chi connectivity index (χ4n) is 10.2. The van der Waals surface area contributed by atoms with Gasteiger partial charge in [-0.25, -0.2) is 0 Å². The molecule has 7 unspecified atom stereocenters. The molecule has 6 N–H and O–H groups in total. The zero-order valence-electron chi connectivity index (χ0n) is 55.7. The minimum atomic E-state index is -0.438. The first kappa shape index (κ1) is 81.7. The number of esters is 4. The number of aliphatic hydroxyl groups is 2. The Morgan fingerprint density at radius 2 is 0.783 bits per heavy atom. The molecule has 25 nitrogen and oxygen atoms in total. The van der Waals surface area contributed by atoms with Crippen molar-refractivity contribution in [3.63, 3.8) is 0 Å². The Bertz CT molecular complexity index is 2400. The molecule has 7 aliphatic heterocycles. The molecule has 0 saturated carbocycles. The van der Waals surface area contributed by atoms with Crippen molar-refractivity contribution in [1.29, 1.82) is 0 Å². The molecule has 7 saturated heterocycles. The maximum absolute atomic E-state index is 11.7. The first-order chi connectivity index (χ1) is 43.8. The molecule has 92 heavy (non-hydrogen) atoms. The average Bonchev–Trinajstić information content (AvgIpc) is 3.51. The number of hydrogen-bond acceptors (Lipinski definition) is 18. The SMILES string of the molecule is CC(=O)OC1CC(=O)N(C)C1.CC(=O)OC1CNC(=O)C1.CCCCCCCCCCCC(=O)OC1CC(=O)N(C)C1.CCCCCCCCCCCC(=O)OC1CNC(=O)C1.CN1CC(O)CC1=O.O=C1CC(O)CN1.O=C1CC(OCc2ccc(Cl)cc2)CN1. The minimum absolute atomic E-state index is 0.00757. The standard InChI is InChI=1S/C17H31NO3.C16H29NO3.C11H12ClNO2.C7H11NO3.C6H9NO3.C5H9NO2.C4H7NO2/c1-3-4-5-6-7-8-9-10-11-12-17(20)21-15-13-16(19)18(2)14-15;1-2-3-4-5-6-7-8-9-10-11-16(19)20-14-12-15(18)17-13-14;12-9-3-1-8(2-4-9)7-15-10-5-11(14)13-6-10;1-5(9)11-6-3-7(10)8(2)4-6;1-4(8)10-5-2-6(9)7-3-5;1-6-3-4(7)2-5(6)8;6-3-1-4(7)5-2-3/h15H,3-14H2,1-2H3;14H,2-13H2,1H3,(H,17,18);1-4,10H,5-7H2,(H,13,14);6H,3-4H2,1-2H3;5H,2-3H2,1H3,(H,7,9);4,7H,2-3H2,1H3;3,6H,1-2H2,(H,5,7). The predicted molar refractivity (Wildman–Crippen MR) is 344 cm³/mol. The zero-order valence-corrected chi connectivity index (χ0v) is 56.5. The molecule has 1 aromatic rings. The predicted octanol–water partition coefficient (Wildman–Crippen LogP) is 6.06. The fraction of sp³-hybridized carbons (Fsp3) is 0.742. The minimum Gasteiger partial charge on any atom is -0.460 e. The molecule has 0 spiro atoms. The number of nitrogens with one attached hydrogen (secondary N) is 4. The number of aliphatic hydroxyl groups excluding tert-OH is 2. The van der Waals surface area contributed by atoms with Crippen LogP contribution in [-0.4, -0.2) is 200 Å². The number of benzene rings is 1. The summed E-state index contributed by atoms with van der Waals surface area (Å²) >= 11 is 5.76. The molecule has 7 amide bonds. The van der Waals surface area contributed by atoms with Gasteiger partial charge in [0.15, 0.2) is 0 Å². The van der Waals surface area contributed by atoms with E-state index in [2.05, 4.69) is 35.1 Å². The summed E-state index contributed by atoms with van der Waals surface area (Å²) in [5.74, 6) is -0.870. The third kappa shape index (κ3) is 40.5. The van der Waals surface area contributed by atoms with Gasteiger partial charge < -0.3 is 69.9 Å². The quantitative estimate of drug-likeness (QED) is 0.0331. The Hall–Kier alpha value is -6.44. The Morgan fingerprint density at radius 1 is 0.435 bits per heavy atom. The highest BCUT2D eigenvalue weighted by atomic mass is 35.5. The number of halogens is 1. The topological polar surface area (TPSA) is 332 Å². The molecule has 8 rings (SSSR count). The van der Waals surface area contributed by atoms with Crippen molar-refractivity contribution in [3.05, 3.63) is 34.9 Å². The molecular formula is C66H108ClN7O18. The number of likely N-dealkylation sites (tertiary alicyclic amines) is 3. The lowest BCUT2D eigenvalue weighted by atomic mass is 10.1. The Kier molecular flexibility index (Phi) is 42.9. The molecule has 0 aromatic heterocycles. The van der Waals surface area contributed by atoms with Gasteiger partial charge in [-0.3, -0.25) is 52.7 Å². The summed E-state index contributed by atoms with van der Waals surface area (Å²) in [6, 6.07) is 7.51. The number of hydrogen-bond donors (Lipinski definition) is 6. The van der Waals surface area contributed by atoms with E-state index in [0.29, 0.717) is 104 Å². The monoisotopic (exact) mass is 1320 g/mol. The van der Waals surface area contributed by atoms with E-state index in [9.17, 15) is 52.7 Å². The van der Waals surface area contributed by atoms with Crippen LogP contribution in [-0.2, 0) is 83.0 Å². The van der Waals surface area contributed by atoms with Crippen molar-refractivity contribution in [1.82, 2.24) is 36.0 Å². The second kappa shape index (κ2) is 48.3. The van der Waals surface area contributed by atoms with E-state index < -0.39 is 12.2 Å². The number of likely N-dealkylation sites (N-methyl/N-ethyl adjacent to an activating group) is 3. The Morgan fingerprint density at radius 3 is 1.10 bits per heavy atom. The lowest BCUT2D eigenvalue weighted by Crippen LogP contribution is -2.23. The van der Waals surface area contributed by atoms with Crippen LogP contribution in [0.2, 0.25) is 5.02 Å². The molecule has 0 bridgehead atoms. The smallest absolute Gasteiger partial charge is 0.306 e. The summed E-state index contributed by atoms with van der Waals surface area (Å²) in [6.45, 7) is 11.2. The van der Waals surface area contributed by atoms with Gasteiger partial charge in [0.25, 0.3) is 0 Å². The first-order valence-electron chi connectivity index (χ1n) is 33.1. The molecule has 7 atom stereocenters. The zero-order chi connectivity index (χ0) is 68.2. The molecule has 0 aliphatic carbocycles. The van der Waals surface area contributed by atoms with Crippen molar-refractivity contribution in [2.24, 2.45) is 0 Å². The van der Waals surface area contributed by atoms with Gasteiger partial charge in [0.1, 0.15) is 24.4 Å². The van der Waals surface area contributed by atoms with Gasteiger partial charge in [0.2, 0.25) is 41.4 Å². The summed E-state index contributed by atoms with van der Waals surface area (Å²) in [5, 5.41) is 28.6. The molecule has 1 aromatic carbocycles. The second-order valence-electron chi connectivity index (χ2n) is 24.2. The van der Waals surface area contributed by atoms with E-state index in [1.165, 1.54) is 109 Å². The highest BCUT2D eigenvalue weighted by Crippen LogP contribution is 2.18. The number of rotatable bonds is 27. The maximum Gasteiger partial charge on any atom is 0.306 e. The fourth-order valence-corrected chi connectivity index (χ4v) is 10.3. The van der Waals surface area contributed by atoms with Gasteiger partial charge in [-0.15, -0.1) is 0 Å². The number of amides is 7.